The van der Waals surface area contributed by atoms with Crippen molar-refractivity contribution < 1.29 is 10.2 Å². The van der Waals surface area contributed by atoms with Crippen molar-refractivity contribution in [3.05, 3.63) is 0 Å². The lowest BCUT2D eigenvalue weighted by molar-refractivity contribution is -0.00824. The van der Waals surface area contributed by atoms with Gasteiger partial charge in [0.05, 0.1) is 5.60 Å². The fraction of sp³-hybridized carbons (Fsp3) is 1.00. The molecule has 0 aliphatic carbocycles. The topological polar surface area (TPSA) is 66.5 Å². The van der Waals surface area contributed by atoms with Gasteiger partial charge in [-0.1, -0.05) is 6.92 Å². The quantitative estimate of drug-likeness (QED) is 0.478. The normalized spacial score (nSPS) is 21.0. The van der Waals surface area contributed by atoms with Crippen molar-refractivity contribution in [2.45, 2.75) is 19.4 Å². The van der Waals surface area contributed by atoms with Gasteiger partial charge in [0.25, 0.3) is 0 Å². The number of hydrogen-bond donors (Lipinski definition) is 3. The van der Waals surface area contributed by atoms with Crippen molar-refractivity contribution >= 4 is 0 Å². The van der Waals surface area contributed by atoms with Crippen LogP contribution in [0.2, 0.25) is 0 Å². The van der Waals surface area contributed by atoms with E-state index < -0.39 is 5.60 Å². The first-order chi connectivity index (χ1) is 4.04. The third kappa shape index (κ3) is 2.30. The molecule has 0 aliphatic heterocycles. The predicted molar refractivity (Wildman–Crippen MR) is 35.9 cm³/mol. The zero-order valence-electron chi connectivity index (χ0n) is 5.96. The molecule has 0 rings (SSSR count). The molecule has 0 aromatic rings. The molecule has 9 heavy (non-hydrogen) atoms. The van der Waals surface area contributed by atoms with Crippen LogP contribution in [0.5, 0.6) is 0 Å². The highest BCUT2D eigenvalue weighted by Gasteiger charge is 2.25. The monoisotopic (exact) mass is 133 g/mol. The highest BCUT2D eigenvalue weighted by Crippen LogP contribution is 2.13. The number of rotatable bonds is 3. The van der Waals surface area contributed by atoms with E-state index >= 15 is 0 Å². The molecule has 0 spiro atoms. The van der Waals surface area contributed by atoms with E-state index in [0.29, 0.717) is 0 Å². The molecule has 0 fully saturated rings. The number of hydrogen-bond acceptors (Lipinski definition) is 3. The second kappa shape index (κ2) is 3.15. The second-order valence-electron chi connectivity index (χ2n) is 2.64. The van der Waals surface area contributed by atoms with Gasteiger partial charge in [-0.25, -0.2) is 0 Å². The average Bonchev–Trinajstić information content (AvgIpc) is 1.86. The first-order valence-corrected chi connectivity index (χ1v) is 3.08. The van der Waals surface area contributed by atoms with E-state index in [0.717, 1.165) is 0 Å². The molecule has 0 heterocycles. The van der Waals surface area contributed by atoms with Crippen LogP contribution in [-0.2, 0) is 0 Å². The molecule has 4 N–H and O–H groups in total. The van der Waals surface area contributed by atoms with E-state index in [1.807, 2.05) is 0 Å². The summed E-state index contributed by atoms with van der Waals surface area (Å²) < 4.78 is 0. The van der Waals surface area contributed by atoms with Crippen LogP contribution in [0, 0.1) is 5.92 Å². The predicted octanol–water partition coefficient (Wildman–Crippen LogP) is -0.676. The molecular weight excluding hydrogens is 118 g/mol. The van der Waals surface area contributed by atoms with Gasteiger partial charge in [0.15, 0.2) is 0 Å². The van der Waals surface area contributed by atoms with Crippen LogP contribution in [0.3, 0.4) is 0 Å². The Morgan fingerprint density at radius 1 is 1.67 bits per heavy atom. The Bertz CT molecular complexity index is 83.1. The van der Waals surface area contributed by atoms with E-state index in [-0.39, 0.29) is 19.1 Å². The summed E-state index contributed by atoms with van der Waals surface area (Å²) in [5.74, 6) is -0.150. The molecular formula is C6H15NO2. The third-order valence-electron chi connectivity index (χ3n) is 1.75. The summed E-state index contributed by atoms with van der Waals surface area (Å²) in [4.78, 5) is 0. The lowest BCUT2D eigenvalue weighted by Gasteiger charge is -2.26. The van der Waals surface area contributed by atoms with Gasteiger partial charge in [-0.3, -0.25) is 0 Å². The van der Waals surface area contributed by atoms with Crippen LogP contribution in [-0.4, -0.2) is 29.0 Å². The van der Waals surface area contributed by atoms with E-state index in [9.17, 15) is 5.11 Å². The van der Waals surface area contributed by atoms with Crippen LogP contribution in [0.15, 0.2) is 0 Å². The van der Waals surface area contributed by atoms with Crippen molar-refractivity contribution in [2.24, 2.45) is 11.7 Å². The van der Waals surface area contributed by atoms with Gasteiger partial charge < -0.3 is 15.9 Å². The Labute approximate surface area is 55.5 Å². The van der Waals surface area contributed by atoms with Gasteiger partial charge in [0.1, 0.15) is 0 Å². The molecule has 0 aromatic heterocycles. The van der Waals surface area contributed by atoms with Crippen LogP contribution in [0.25, 0.3) is 0 Å². The van der Waals surface area contributed by atoms with Gasteiger partial charge in [-0.2, -0.15) is 0 Å². The Morgan fingerprint density at radius 3 is 2.22 bits per heavy atom. The van der Waals surface area contributed by atoms with Gasteiger partial charge in [-0.15, -0.1) is 0 Å². The van der Waals surface area contributed by atoms with Crippen LogP contribution in [0.4, 0.5) is 0 Å². The highest BCUT2D eigenvalue weighted by atomic mass is 16.3. The largest absolute Gasteiger partial charge is 0.396 e. The van der Waals surface area contributed by atoms with E-state index in [1.165, 1.54) is 0 Å². The standard InChI is InChI=1S/C6H15NO2/c1-5(3-8)6(2,9)4-7/h5,8-9H,3-4,7H2,1-2H3. The number of aliphatic hydroxyl groups excluding tert-OH is 1. The lowest BCUT2D eigenvalue weighted by Crippen LogP contribution is -2.42. The highest BCUT2D eigenvalue weighted by molar-refractivity contribution is 4.78. The molecule has 0 aliphatic rings. The molecule has 0 saturated heterocycles. The van der Waals surface area contributed by atoms with Gasteiger partial charge in [0.2, 0.25) is 0 Å². The summed E-state index contributed by atoms with van der Waals surface area (Å²) in [6, 6.07) is 0. The average molecular weight is 133 g/mol. The zero-order chi connectivity index (χ0) is 7.49. The third-order valence-corrected chi connectivity index (χ3v) is 1.75. The summed E-state index contributed by atoms with van der Waals surface area (Å²) in [6.45, 7) is 3.54. The van der Waals surface area contributed by atoms with Gasteiger partial charge in [-0.05, 0) is 6.92 Å². The second-order valence-corrected chi connectivity index (χ2v) is 2.64. The maximum absolute atomic E-state index is 9.31. The summed E-state index contributed by atoms with van der Waals surface area (Å²) in [5.41, 5.74) is 4.30. The number of nitrogens with two attached hydrogens (primary N) is 1. The molecule has 0 radical (unpaired) electrons. The van der Waals surface area contributed by atoms with Crippen molar-refractivity contribution in [3.8, 4) is 0 Å². The van der Waals surface area contributed by atoms with Crippen molar-refractivity contribution in [1.29, 1.82) is 0 Å². The summed E-state index contributed by atoms with van der Waals surface area (Å²) >= 11 is 0. The van der Waals surface area contributed by atoms with E-state index in [1.54, 1.807) is 13.8 Å². The zero-order valence-corrected chi connectivity index (χ0v) is 5.96. The Kier molecular flexibility index (Phi) is 3.11. The molecule has 3 heteroatoms. The van der Waals surface area contributed by atoms with E-state index in [4.69, 9.17) is 10.8 Å². The van der Waals surface area contributed by atoms with E-state index in [2.05, 4.69) is 0 Å². The van der Waals surface area contributed by atoms with Crippen LogP contribution >= 0.6 is 0 Å². The maximum Gasteiger partial charge on any atom is 0.0788 e. The Hall–Kier alpha value is -0.120. The minimum Gasteiger partial charge on any atom is -0.396 e. The molecule has 3 nitrogen and oxygen atoms in total. The van der Waals surface area contributed by atoms with Crippen molar-refractivity contribution in [2.75, 3.05) is 13.2 Å². The minimum absolute atomic E-state index is 0.0236. The number of aliphatic hydroxyl groups is 2. The van der Waals surface area contributed by atoms with Crippen molar-refractivity contribution in [1.82, 2.24) is 0 Å². The van der Waals surface area contributed by atoms with Crippen LogP contribution < -0.4 is 5.73 Å². The van der Waals surface area contributed by atoms with Gasteiger partial charge >= 0.3 is 0 Å². The molecule has 2 atom stereocenters. The summed E-state index contributed by atoms with van der Waals surface area (Å²) in [6.07, 6.45) is 0. The van der Waals surface area contributed by atoms with Crippen LogP contribution in [0.1, 0.15) is 13.8 Å². The molecule has 0 aromatic carbocycles. The molecule has 0 amide bonds. The Balaban J connectivity index is 3.80. The fourth-order valence-electron chi connectivity index (χ4n) is 0.398. The SMILES string of the molecule is CC(CO)C(C)(O)CN. The molecule has 0 saturated carbocycles. The first-order valence-electron chi connectivity index (χ1n) is 3.08. The Morgan fingerprint density at radius 2 is 2.11 bits per heavy atom. The summed E-state index contributed by atoms with van der Waals surface area (Å²) in [5, 5.41) is 17.9. The minimum atomic E-state index is -0.922. The van der Waals surface area contributed by atoms with Crippen molar-refractivity contribution in [3.63, 3.8) is 0 Å². The lowest BCUT2D eigenvalue weighted by atomic mass is 9.92. The first kappa shape index (κ1) is 8.88. The molecule has 2 unspecified atom stereocenters. The molecule has 0 bridgehead atoms. The smallest absolute Gasteiger partial charge is 0.0788 e. The maximum atomic E-state index is 9.31. The summed E-state index contributed by atoms with van der Waals surface area (Å²) in [7, 11) is 0. The fourth-order valence-corrected chi connectivity index (χ4v) is 0.398. The van der Waals surface area contributed by atoms with Gasteiger partial charge in [0, 0.05) is 19.1 Å². The molecule has 56 valence electrons.